The highest BCUT2D eigenvalue weighted by Crippen LogP contribution is 2.56. The zero-order valence-corrected chi connectivity index (χ0v) is 35.8. The monoisotopic (exact) mass is 753 g/mol. The fraction of sp³-hybridized carbons (Fsp3) is 0.309. The van der Waals surface area contributed by atoms with Crippen LogP contribution in [-0.2, 0) is 0 Å². The molecule has 4 atom stereocenters. The summed E-state index contributed by atoms with van der Waals surface area (Å²) < 4.78 is 2.36. The molecule has 57 heavy (non-hydrogen) atoms. The molecule has 0 N–H and O–H groups in total. The van der Waals surface area contributed by atoms with Gasteiger partial charge < -0.3 is 9.47 Å². The Morgan fingerprint density at radius 2 is 1.63 bits per heavy atom. The molecule has 1 saturated carbocycles. The number of allylic oxidation sites excluding steroid dienone is 20. The third kappa shape index (κ3) is 8.24. The van der Waals surface area contributed by atoms with Gasteiger partial charge in [0.05, 0.1) is 5.52 Å². The zero-order valence-electron chi connectivity index (χ0n) is 35.8. The number of nitrogens with zero attached hydrogens (tertiary/aromatic N) is 2. The van der Waals surface area contributed by atoms with Gasteiger partial charge in [-0.25, -0.2) is 0 Å². The van der Waals surface area contributed by atoms with E-state index in [1.165, 1.54) is 61.4 Å². The lowest BCUT2D eigenvalue weighted by atomic mass is 9.74. The van der Waals surface area contributed by atoms with Gasteiger partial charge in [-0.05, 0) is 118 Å². The van der Waals surface area contributed by atoms with Crippen molar-refractivity contribution in [2.45, 2.75) is 87.1 Å². The van der Waals surface area contributed by atoms with Gasteiger partial charge in [0.25, 0.3) is 0 Å². The number of fused-ring (bicyclic) bond motifs is 2. The molecule has 0 amide bonds. The van der Waals surface area contributed by atoms with Gasteiger partial charge >= 0.3 is 0 Å². The second-order valence-corrected chi connectivity index (χ2v) is 16.4. The maximum absolute atomic E-state index is 4.50. The highest BCUT2D eigenvalue weighted by molar-refractivity contribution is 6.00. The van der Waals surface area contributed by atoms with Crippen molar-refractivity contribution in [3.05, 3.63) is 198 Å². The summed E-state index contributed by atoms with van der Waals surface area (Å²) in [5, 5.41) is 1.24. The lowest BCUT2D eigenvalue weighted by Gasteiger charge is -2.33. The summed E-state index contributed by atoms with van der Waals surface area (Å²) in [5.41, 5.74) is 14.0. The Bertz CT molecular complexity index is 2260. The topological polar surface area (TPSA) is 8.17 Å². The number of para-hydroxylation sites is 1. The summed E-state index contributed by atoms with van der Waals surface area (Å²) in [5.74, 6) is 1.05. The van der Waals surface area contributed by atoms with Crippen LogP contribution in [0.1, 0.15) is 91.0 Å². The molecule has 0 aliphatic heterocycles. The Labute approximate surface area is 344 Å². The third-order valence-corrected chi connectivity index (χ3v) is 12.5. The summed E-state index contributed by atoms with van der Waals surface area (Å²) >= 11 is 0. The van der Waals surface area contributed by atoms with E-state index in [9.17, 15) is 0 Å². The van der Waals surface area contributed by atoms with Crippen LogP contribution < -0.4 is 0 Å². The number of aromatic nitrogens is 1. The highest BCUT2D eigenvalue weighted by atomic mass is 15.2. The number of rotatable bonds is 13. The van der Waals surface area contributed by atoms with Gasteiger partial charge in [0.1, 0.15) is 0 Å². The molecule has 1 fully saturated rings. The molecule has 0 saturated heterocycles. The van der Waals surface area contributed by atoms with Gasteiger partial charge in [-0.2, -0.15) is 0 Å². The Morgan fingerprint density at radius 1 is 0.912 bits per heavy atom. The summed E-state index contributed by atoms with van der Waals surface area (Å²) in [7, 11) is 0. The molecule has 0 spiro atoms. The van der Waals surface area contributed by atoms with Crippen molar-refractivity contribution in [1.82, 2.24) is 9.47 Å². The zero-order chi connectivity index (χ0) is 40.7. The van der Waals surface area contributed by atoms with Crippen LogP contribution in [-0.4, -0.2) is 15.5 Å². The molecule has 3 aliphatic rings. The predicted molar refractivity (Wildman–Crippen MR) is 250 cm³/mol. The first-order valence-corrected chi connectivity index (χ1v) is 21.2. The predicted octanol–water partition coefficient (Wildman–Crippen LogP) is 15.2. The van der Waals surface area contributed by atoms with E-state index in [4.69, 9.17) is 0 Å². The van der Waals surface area contributed by atoms with Crippen LogP contribution in [0.15, 0.2) is 181 Å². The number of hydrogen-bond acceptors (Lipinski definition) is 1. The first kappa shape index (κ1) is 41.3. The Balaban J connectivity index is 1.52. The minimum absolute atomic E-state index is 0.0564. The molecule has 2 nitrogen and oxygen atoms in total. The van der Waals surface area contributed by atoms with Crippen LogP contribution in [0.25, 0.3) is 27.7 Å². The van der Waals surface area contributed by atoms with Gasteiger partial charge in [-0.1, -0.05) is 154 Å². The van der Waals surface area contributed by atoms with Gasteiger partial charge in [0.15, 0.2) is 0 Å². The fourth-order valence-corrected chi connectivity index (χ4v) is 9.63. The number of hydrogen-bond donors (Lipinski definition) is 0. The van der Waals surface area contributed by atoms with Crippen LogP contribution in [0.2, 0.25) is 0 Å². The van der Waals surface area contributed by atoms with Crippen molar-refractivity contribution in [3.8, 4) is 0 Å². The lowest BCUT2D eigenvalue weighted by molar-refractivity contribution is 0.248. The highest BCUT2D eigenvalue weighted by Gasteiger charge is 2.49. The summed E-state index contributed by atoms with van der Waals surface area (Å²) in [6, 6.07) is 19.7. The molecule has 0 bridgehead atoms. The Morgan fingerprint density at radius 3 is 2.32 bits per heavy atom. The Hall–Kier alpha value is -5.34. The molecule has 2 aromatic carbocycles. The summed E-state index contributed by atoms with van der Waals surface area (Å²) in [4.78, 5) is 2.59. The fourth-order valence-electron chi connectivity index (χ4n) is 9.63. The van der Waals surface area contributed by atoms with Crippen LogP contribution in [0, 0.1) is 30.1 Å². The van der Waals surface area contributed by atoms with E-state index in [1.807, 2.05) is 0 Å². The van der Waals surface area contributed by atoms with Crippen molar-refractivity contribution in [1.29, 1.82) is 0 Å². The second kappa shape index (κ2) is 18.3. The van der Waals surface area contributed by atoms with Crippen molar-refractivity contribution in [2.24, 2.45) is 23.2 Å². The molecule has 2 heteroatoms. The van der Waals surface area contributed by atoms with Crippen LogP contribution in [0.4, 0.5) is 0 Å². The molecule has 3 aliphatic carbocycles. The van der Waals surface area contributed by atoms with Gasteiger partial charge in [0, 0.05) is 51.6 Å². The lowest BCUT2D eigenvalue weighted by Crippen LogP contribution is -2.30. The molecule has 1 aromatic heterocycles. The summed E-state index contributed by atoms with van der Waals surface area (Å²) in [6.07, 6.45) is 38.8. The molecule has 3 aromatic rings. The van der Waals surface area contributed by atoms with Crippen molar-refractivity contribution >= 4 is 27.7 Å². The normalized spacial score (nSPS) is 21.9. The van der Waals surface area contributed by atoms with E-state index in [-0.39, 0.29) is 11.5 Å². The van der Waals surface area contributed by atoms with E-state index >= 15 is 0 Å². The van der Waals surface area contributed by atoms with E-state index < -0.39 is 0 Å². The maximum Gasteiger partial charge on any atom is 0.0534 e. The van der Waals surface area contributed by atoms with Crippen molar-refractivity contribution in [3.63, 3.8) is 0 Å². The largest absolute Gasteiger partial charge is 0.339 e. The maximum atomic E-state index is 4.50. The molecule has 1 heterocycles. The van der Waals surface area contributed by atoms with Crippen LogP contribution in [0.5, 0.6) is 0 Å². The van der Waals surface area contributed by atoms with Crippen molar-refractivity contribution < 1.29 is 0 Å². The minimum Gasteiger partial charge on any atom is -0.339 e. The molecule has 294 valence electrons. The van der Waals surface area contributed by atoms with Crippen LogP contribution in [0.3, 0.4) is 0 Å². The molecule has 0 radical (unpaired) electrons. The summed E-state index contributed by atoms with van der Waals surface area (Å²) in [6.45, 7) is 26.8. The van der Waals surface area contributed by atoms with Gasteiger partial charge in [0.2, 0.25) is 0 Å². The number of benzene rings is 2. The van der Waals surface area contributed by atoms with E-state index in [0.29, 0.717) is 17.8 Å². The van der Waals surface area contributed by atoms with E-state index in [2.05, 4.69) is 224 Å². The molecular weight excluding hydrogens is 689 g/mol. The Kier molecular flexibility index (Phi) is 13.2. The van der Waals surface area contributed by atoms with E-state index in [0.717, 1.165) is 31.4 Å². The second-order valence-electron chi connectivity index (χ2n) is 16.4. The van der Waals surface area contributed by atoms with Crippen molar-refractivity contribution in [2.75, 3.05) is 0 Å². The quantitative estimate of drug-likeness (QED) is 0.125. The van der Waals surface area contributed by atoms with E-state index in [1.54, 1.807) is 0 Å². The SMILES string of the molecule is C=CC1C2=CC=C(N(C3=CC=C(c4ccccc4)CCC3)C(C)/C=C\C(=C(/C=C\C)/C=C/C)c3c(C)n(C(=C)CC)c4ccccc34)C=CC2C(C)(C)C1/C=C\C. The first-order valence-electron chi connectivity index (χ1n) is 21.2. The average Bonchev–Trinajstić information content (AvgIpc) is 3.38. The molecule has 4 unspecified atom stereocenters. The van der Waals surface area contributed by atoms with Crippen LogP contribution >= 0.6 is 0 Å². The molecule has 6 rings (SSSR count). The first-order chi connectivity index (χ1) is 27.6. The molecular formula is C55H64N2. The third-order valence-electron chi connectivity index (χ3n) is 12.5. The minimum atomic E-state index is 0.0564. The smallest absolute Gasteiger partial charge is 0.0534 e. The average molecular weight is 753 g/mol. The standard InChI is InChI=1S/C55H64N2/c1-11-22-44(23-12-2)48(54-41(8)56(39(6)14-4)53-30-20-19-29-50(53)54)36-31-40(7)57(45-28-21-27-43(32-33-45)42-25-17-16-18-26-42)46-34-37-49-47(15-5)51(24-13-3)55(9,10)52(49)38-35-46/h11-13,15-20,22-26,29-38,40,47,51-52H,5-6,14,21,27-28H2,1-4,7-10H3/b22-11-,23-12+,24-13-,36-31-,48-44?. The van der Waals surface area contributed by atoms with Gasteiger partial charge in [-0.15, -0.1) is 6.58 Å². The van der Waals surface area contributed by atoms with Gasteiger partial charge in [-0.3, -0.25) is 0 Å².